The summed E-state index contributed by atoms with van der Waals surface area (Å²) in [5, 5.41) is 6.47. The molecule has 3 unspecified atom stereocenters. The van der Waals surface area contributed by atoms with Crippen molar-refractivity contribution in [3.05, 3.63) is 29.8 Å². The summed E-state index contributed by atoms with van der Waals surface area (Å²) in [7, 11) is 1.70. The summed E-state index contributed by atoms with van der Waals surface area (Å²) in [6.45, 7) is 0.703. The van der Waals surface area contributed by atoms with Crippen molar-refractivity contribution in [3.63, 3.8) is 0 Å². The summed E-state index contributed by atoms with van der Waals surface area (Å²) in [6.07, 6.45) is 3.88. The second kappa shape index (κ2) is 8.80. The van der Waals surface area contributed by atoms with E-state index in [1.54, 1.807) is 7.05 Å². The summed E-state index contributed by atoms with van der Waals surface area (Å²) >= 11 is 0. The summed E-state index contributed by atoms with van der Waals surface area (Å²) in [4.78, 5) is 4.17. The molecule has 2 bridgehead atoms. The fraction of sp³-hybridized carbons (Fsp3) is 0.562. The lowest BCUT2D eigenvalue weighted by atomic mass is 9.96. The predicted octanol–water partition coefficient (Wildman–Crippen LogP) is 2.45. The Bertz CT molecular complexity index is 588. The summed E-state index contributed by atoms with van der Waals surface area (Å²) < 4.78 is 37.3. The zero-order valence-electron chi connectivity index (χ0n) is 13.4. The van der Waals surface area contributed by atoms with Crippen molar-refractivity contribution in [2.24, 2.45) is 4.99 Å². The van der Waals surface area contributed by atoms with Crippen molar-refractivity contribution in [1.29, 1.82) is 0 Å². The summed E-state index contributed by atoms with van der Waals surface area (Å²) in [5.41, 5.74) is 0. The molecule has 24 heavy (non-hydrogen) atoms. The molecule has 2 aliphatic rings. The van der Waals surface area contributed by atoms with Gasteiger partial charge in [0.05, 0.1) is 24.8 Å². The molecule has 3 rings (SSSR count). The van der Waals surface area contributed by atoms with Crippen LogP contribution in [0, 0.1) is 11.6 Å². The number of hydrogen-bond donors (Lipinski definition) is 2. The molecule has 5 nitrogen and oxygen atoms in total. The van der Waals surface area contributed by atoms with E-state index >= 15 is 0 Å². The third kappa shape index (κ3) is 4.69. The van der Waals surface area contributed by atoms with Crippen LogP contribution in [-0.2, 0) is 4.74 Å². The van der Waals surface area contributed by atoms with Gasteiger partial charge in [-0.15, -0.1) is 24.0 Å². The lowest BCUT2D eigenvalue weighted by molar-refractivity contribution is 0.0992. The minimum Gasteiger partial charge on any atom is -0.489 e. The Hall–Kier alpha value is -1.16. The third-order valence-corrected chi connectivity index (χ3v) is 4.20. The van der Waals surface area contributed by atoms with Crippen molar-refractivity contribution in [2.75, 3.05) is 20.2 Å². The highest BCUT2D eigenvalue weighted by Gasteiger charge is 2.41. The van der Waals surface area contributed by atoms with Gasteiger partial charge in [-0.3, -0.25) is 4.99 Å². The van der Waals surface area contributed by atoms with Crippen LogP contribution < -0.4 is 15.4 Å². The highest BCUT2D eigenvalue weighted by atomic mass is 127. The molecule has 2 saturated heterocycles. The lowest BCUT2D eigenvalue weighted by Gasteiger charge is -2.22. The molecular weight excluding hydrogens is 431 g/mol. The van der Waals surface area contributed by atoms with Crippen molar-refractivity contribution in [1.82, 2.24) is 10.6 Å². The molecule has 0 amide bonds. The van der Waals surface area contributed by atoms with Crippen LogP contribution in [0.1, 0.15) is 19.3 Å². The molecule has 2 N–H and O–H groups in total. The van der Waals surface area contributed by atoms with Crippen molar-refractivity contribution in [2.45, 2.75) is 37.5 Å². The molecule has 2 heterocycles. The van der Waals surface area contributed by atoms with Crippen molar-refractivity contribution in [3.8, 4) is 5.75 Å². The molecule has 134 valence electrons. The van der Waals surface area contributed by atoms with Crippen LogP contribution in [0.25, 0.3) is 0 Å². The van der Waals surface area contributed by atoms with Gasteiger partial charge in [-0.05, 0) is 31.4 Å². The molecule has 1 aromatic rings. The molecule has 0 saturated carbocycles. The van der Waals surface area contributed by atoms with Gasteiger partial charge in [-0.25, -0.2) is 8.78 Å². The van der Waals surface area contributed by atoms with Gasteiger partial charge < -0.3 is 20.1 Å². The monoisotopic (exact) mass is 453 g/mol. The Morgan fingerprint density at radius 1 is 1.38 bits per heavy atom. The molecule has 0 aromatic heterocycles. The SMILES string of the molecule is CN=C(NCCOc1ccc(F)cc1F)NC1CC2CCC1O2.I. The van der Waals surface area contributed by atoms with Crippen LogP contribution in [0.2, 0.25) is 0 Å². The maximum Gasteiger partial charge on any atom is 0.191 e. The summed E-state index contributed by atoms with van der Waals surface area (Å²) in [5.74, 6) is -0.607. The molecular formula is C16H22F2IN3O2. The van der Waals surface area contributed by atoms with Crippen LogP contribution in [0.3, 0.4) is 0 Å². The molecule has 2 fully saturated rings. The topological polar surface area (TPSA) is 54.9 Å². The molecule has 1 aromatic carbocycles. The average molecular weight is 453 g/mol. The first-order chi connectivity index (χ1) is 11.2. The number of rotatable bonds is 5. The number of hydrogen-bond acceptors (Lipinski definition) is 3. The standard InChI is InChI=1S/C16H21F2N3O2.HI/c1-19-16(21-13-9-11-3-5-15(13)23-11)20-6-7-22-14-4-2-10(17)8-12(14)18;/h2,4,8,11,13,15H,3,5-7,9H2,1H3,(H2,19,20,21);1H. The minimum atomic E-state index is -0.702. The first-order valence-electron chi connectivity index (χ1n) is 7.86. The van der Waals surface area contributed by atoms with E-state index < -0.39 is 11.6 Å². The number of aliphatic imine (C=N–C) groups is 1. The van der Waals surface area contributed by atoms with Gasteiger partial charge in [-0.2, -0.15) is 0 Å². The number of halogens is 3. The predicted molar refractivity (Wildman–Crippen MR) is 98.1 cm³/mol. The molecule has 3 atom stereocenters. The molecule has 8 heteroatoms. The van der Waals surface area contributed by atoms with Gasteiger partial charge in [0.2, 0.25) is 0 Å². The Balaban J connectivity index is 0.00000208. The fourth-order valence-electron chi connectivity index (χ4n) is 3.08. The number of nitrogens with zero attached hydrogens (tertiary/aromatic N) is 1. The van der Waals surface area contributed by atoms with Crippen LogP contribution in [0.5, 0.6) is 5.75 Å². The zero-order valence-corrected chi connectivity index (χ0v) is 15.8. The second-order valence-corrected chi connectivity index (χ2v) is 5.78. The van der Waals surface area contributed by atoms with Crippen LogP contribution in [0.15, 0.2) is 23.2 Å². The van der Waals surface area contributed by atoms with E-state index in [1.165, 1.54) is 12.1 Å². The zero-order chi connectivity index (χ0) is 16.2. The third-order valence-electron chi connectivity index (χ3n) is 4.20. The number of fused-ring (bicyclic) bond motifs is 2. The van der Waals surface area contributed by atoms with Crippen LogP contribution in [-0.4, -0.2) is 44.4 Å². The molecule has 0 radical (unpaired) electrons. The van der Waals surface area contributed by atoms with E-state index in [-0.39, 0.29) is 48.5 Å². The van der Waals surface area contributed by atoms with Crippen LogP contribution in [0.4, 0.5) is 8.78 Å². The van der Waals surface area contributed by atoms with Gasteiger partial charge >= 0.3 is 0 Å². The van der Waals surface area contributed by atoms with Gasteiger partial charge in [0.1, 0.15) is 12.4 Å². The maximum atomic E-state index is 13.4. The van der Waals surface area contributed by atoms with Crippen molar-refractivity contribution < 1.29 is 18.3 Å². The van der Waals surface area contributed by atoms with Gasteiger partial charge in [-0.1, -0.05) is 0 Å². The van der Waals surface area contributed by atoms with Gasteiger partial charge in [0.15, 0.2) is 17.5 Å². The van der Waals surface area contributed by atoms with Gasteiger partial charge in [0, 0.05) is 13.1 Å². The Morgan fingerprint density at radius 2 is 2.21 bits per heavy atom. The number of guanidine groups is 1. The number of benzene rings is 1. The number of ether oxygens (including phenoxy) is 2. The second-order valence-electron chi connectivity index (χ2n) is 5.78. The molecule has 0 aliphatic carbocycles. The summed E-state index contributed by atoms with van der Waals surface area (Å²) in [6, 6.07) is 3.54. The quantitative estimate of drug-likeness (QED) is 0.312. The Labute approximate surface area is 157 Å². The number of nitrogens with one attached hydrogen (secondary N) is 2. The first kappa shape index (κ1) is 19.2. The Kier molecular flexibility index (Phi) is 7.02. The maximum absolute atomic E-state index is 13.4. The molecule has 0 spiro atoms. The average Bonchev–Trinajstić information content (AvgIpc) is 3.14. The largest absolute Gasteiger partial charge is 0.489 e. The fourth-order valence-corrected chi connectivity index (χ4v) is 3.08. The minimum absolute atomic E-state index is 0. The van der Waals surface area contributed by atoms with E-state index in [2.05, 4.69) is 15.6 Å². The normalized spacial score (nSPS) is 25.3. The van der Waals surface area contributed by atoms with Gasteiger partial charge in [0.25, 0.3) is 0 Å². The van der Waals surface area contributed by atoms with E-state index in [0.717, 1.165) is 25.3 Å². The smallest absolute Gasteiger partial charge is 0.191 e. The van der Waals surface area contributed by atoms with E-state index in [4.69, 9.17) is 9.47 Å². The first-order valence-corrected chi connectivity index (χ1v) is 7.86. The highest BCUT2D eigenvalue weighted by Crippen LogP contribution is 2.34. The lowest BCUT2D eigenvalue weighted by Crippen LogP contribution is -2.48. The van der Waals surface area contributed by atoms with Crippen LogP contribution >= 0.6 is 24.0 Å². The van der Waals surface area contributed by atoms with E-state index in [0.29, 0.717) is 18.6 Å². The highest BCUT2D eigenvalue weighted by molar-refractivity contribution is 14.0. The van der Waals surface area contributed by atoms with Crippen molar-refractivity contribution >= 4 is 29.9 Å². The molecule has 2 aliphatic heterocycles. The Morgan fingerprint density at radius 3 is 2.83 bits per heavy atom. The van der Waals surface area contributed by atoms with E-state index in [1.807, 2.05) is 0 Å². The van der Waals surface area contributed by atoms with E-state index in [9.17, 15) is 8.78 Å².